The lowest BCUT2D eigenvalue weighted by atomic mass is 10.0. The number of rotatable bonds is 9. The Bertz CT molecular complexity index is 190. The van der Waals surface area contributed by atoms with Crippen LogP contribution >= 0.6 is 0 Å². The first-order valence-corrected chi connectivity index (χ1v) is 8.18. The Balaban J connectivity index is 1.98. The predicted octanol–water partition coefficient (Wildman–Crippen LogP) is 3.67. The second-order valence-corrected chi connectivity index (χ2v) is 6.34. The van der Waals surface area contributed by atoms with Crippen molar-refractivity contribution < 1.29 is 0 Å². The maximum Gasteiger partial charge on any atom is 0.0195 e. The summed E-state index contributed by atoms with van der Waals surface area (Å²) < 4.78 is 0. The minimum Gasteiger partial charge on any atom is -0.311 e. The zero-order valence-electron chi connectivity index (χ0n) is 12.9. The second kappa shape index (κ2) is 9.80. The van der Waals surface area contributed by atoms with Crippen LogP contribution in [0.1, 0.15) is 65.7 Å². The lowest BCUT2D eigenvalue weighted by Crippen LogP contribution is -2.50. The van der Waals surface area contributed by atoms with Crippen molar-refractivity contribution in [1.29, 1.82) is 0 Å². The van der Waals surface area contributed by atoms with Crippen molar-refractivity contribution in [2.24, 2.45) is 5.92 Å². The molecule has 0 aromatic rings. The lowest BCUT2D eigenvalue weighted by molar-refractivity contribution is 0.190. The Labute approximate surface area is 115 Å². The first-order chi connectivity index (χ1) is 8.72. The van der Waals surface area contributed by atoms with E-state index < -0.39 is 0 Å². The van der Waals surface area contributed by atoms with E-state index in [9.17, 15) is 0 Å². The Morgan fingerprint density at radius 3 is 2.67 bits per heavy atom. The Hall–Kier alpha value is -0.0800. The highest BCUT2D eigenvalue weighted by atomic mass is 15.2. The number of piperazine rings is 1. The van der Waals surface area contributed by atoms with Crippen LogP contribution < -0.4 is 5.32 Å². The van der Waals surface area contributed by atoms with Crippen LogP contribution in [0, 0.1) is 5.92 Å². The third kappa shape index (κ3) is 7.38. The van der Waals surface area contributed by atoms with E-state index in [0.717, 1.165) is 12.0 Å². The minimum atomic E-state index is 0.754. The molecule has 2 heteroatoms. The van der Waals surface area contributed by atoms with Crippen LogP contribution in [0.15, 0.2) is 0 Å². The van der Waals surface area contributed by atoms with Crippen LogP contribution in [0.5, 0.6) is 0 Å². The fourth-order valence-corrected chi connectivity index (χ4v) is 2.88. The van der Waals surface area contributed by atoms with Crippen molar-refractivity contribution in [3.8, 4) is 0 Å². The molecule has 0 aromatic carbocycles. The van der Waals surface area contributed by atoms with Crippen LogP contribution in [0.4, 0.5) is 0 Å². The molecular formula is C16H34N2. The molecule has 1 N–H and O–H groups in total. The molecule has 1 aliphatic heterocycles. The van der Waals surface area contributed by atoms with Crippen molar-refractivity contribution in [1.82, 2.24) is 10.2 Å². The molecule has 0 radical (unpaired) electrons. The van der Waals surface area contributed by atoms with Crippen molar-refractivity contribution in [3.05, 3.63) is 0 Å². The number of unbranched alkanes of at least 4 members (excludes halogenated alkanes) is 3. The van der Waals surface area contributed by atoms with Gasteiger partial charge in [-0.2, -0.15) is 0 Å². The SMILES string of the molecule is CCCC1CN(CCCCCCC(C)C)CCN1. The summed E-state index contributed by atoms with van der Waals surface area (Å²) in [6.45, 7) is 12.0. The molecule has 18 heavy (non-hydrogen) atoms. The molecule has 1 rings (SSSR count). The molecule has 2 nitrogen and oxygen atoms in total. The first-order valence-electron chi connectivity index (χ1n) is 8.18. The Morgan fingerprint density at radius 2 is 1.94 bits per heavy atom. The maximum atomic E-state index is 3.63. The van der Waals surface area contributed by atoms with Crippen LogP contribution in [0.25, 0.3) is 0 Å². The molecule has 0 aliphatic carbocycles. The quantitative estimate of drug-likeness (QED) is 0.632. The lowest BCUT2D eigenvalue weighted by Gasteiger charge is -2.33. The number of hydrogen-bond donors (Lipinski definition) is 1. The van der Waals surface area contributed by atoms with Gasteiger partial charge < -0.3 is 10.2 Å². The van der Waals surface area contributed by atoms with Crippen LogP contribution in [-0.2, 0) is 0 Å². The number of nitrogens with one attached hydrogen (secondary N) is 1. The minimum absolute atomic E-state index is 0.754. The van der Waals surface area contributed by atoms with E-state index in [1.807, 2.05) is 0 Å². The van der Waals surface area contributed by atoms with Crippen molar-refractivity contribution in [3.63, 3.8) is 0 Å². The van der Waals surface area contributed by atoms with Gasteiger partial charge in [0, 0.05) is 25.7 Å². The molecule has 0 spiro atoms. The van der Waals surface area contributed by atoms with Crippen molar-refractivity contribution in [2.45, 2.75) is 71.8 Å². The molecule has 0 saturated carbocycles. The fourth-order valence-electron chi connectivity index (χ4n) is 2.88. The summed E-state index contributed by atoms with van der Waals surface area (Å²) in [5, 5.41) is 3.63. The van der Waals surface area contributed by atoms with Crippen LogP contribution in [-0.4, -0.2) is 37.1 Å². The van der Waals surface area contributed by atoms with Gasteiger partial charge in [-0.05, 0) is 25.3 Å². The van der Waals surface area contributed by atoms with Gasteiger partial charge in [-0.3, -0.25) is 0 Å². The predicted molar refractivity (Wildman–Crippen MR) is 81.1 cm³/mol. The summed E-state index contributed by atoms with van der Waals surface area (Å²) in [5.74, 6) is 0.882. The molecule has 1 atom stereocenters. The highest BCUT2D eigenvalue weighted by Crippen LogP contribution is 2.11. The normalized spacial score (nSPS) is 21.7. The van der Waals surface area contributed by atoms with E-state index in [2.05, 4.69) is 31.0 Å². The Kier molecular flexibility index (Phi) is 8.70. The van der Waals surface area contributed by atoms with Crippen molar-refractivity contribution >= 4 is 0 Å². The summed E-state index contributed by atoms with van der Waals surface area (Å²) in [4.78, 5) is 2.67. The molecule has 0 amide bonds. The van der Waals surface area contributed by atoms with Gasteiger partial charge in [-0.1, -0.05) is 52.9 Å². The summed E-state index contributed by atoms with van der Waals surface area (Å²) in [5.41, 5.74) is 0. The average molecular weight is 254 g/mol. The van der Waals surface area contributed by atoms with E-state index >= 15 is 0 Å². The molecule has 1 fully saturated rings. The van der Waals surface area contributed by atoms with Gasteiger partial charge in [-0.25, -0.2) is 0 Å². The number of nitrogens with zero attached hydrogens (tertiary/aromatic N) is 1. The smallest absolute Gasteiger partial charge is 0.0195 e. The van der Waals surface area contributed by atoms with Gasteiger partial charge >= 0.3 is 0 Å². The van der Waals surface area contributed by atoms with E-state index in [1.165, 1.54) is 71.1 Å². The summed E-state index contributed by atoms with van der Waals surface area (Å²) in [6.07, 6.45) is 9.74. The molecule has 1 unspecified atom stereocenters. The molecular weight excluding hydrogens is 220 g/mol. The first kappa shape index (κ1) is 16.0. The van der Waals surface area contributed by atoms with Crippen LogP contribution in [0.3, 0.4) is 0 Å². The molecule has 1 saturated heterocycles. The highest BCUT2D eigenvalue weighted by Gasteiger charge is 2.17. The van der Waals surface area contributed by atoms with Gasteiger partial charge in [0.15, 0.2) is 0 Å². The molecule has 0 aromatic heterocycles. The standard InChI is InChI=1S/C16H34N2/c1-4-9-16-14-18(13-11-17-16)12-8-6-5-7-10-15(2)3/h15-17H,4-14H2,1-3H3. The molecule has 1 heterocycles. The van der Waals surface area contributed by atoms with Gasteiger partial charge in [-0.15, -0.1) is 0 Å². The summed E-state index contributed by atoms with van der Waals surface area (Å²) in [6, 6.07) is 0.754. The topological polar surface area (TPSA) is 15.3 Å². The Morgan fingerprint density at radius 1 is 1.17 bits per heavy atom. The summed E-state index contributed by atoms with van der Waals surface area (Å²) in [7, 11) is 0. The second-order valence-electron chi connectivity index (χ2n) is 6.34. The zero-order chi connectivity index (χ0) is 13.2. The fraction of sp³-hybridized carbons (Fsp3) is 1.00. The van der Waals surface area contributed by atoms with E-state index in [4.69, 9.17) is 0 Å². The number of hydrogen-bond acceptors (Lipinski definition) is 2. The summed E-state index contributed by atoms with van der Waals surface area (Å²) >= 11 is 0. The van der Waals surface area contributed by atoms with E-state index in [1.54, 1.807) is 0 Å². The third-order valence-electron chi connectivity index (χ3n) is 3.98. The highest BCUT2D eigenvalue weighted by molar-refractivity contribution is 4.77. The largest absolute Gasteiger partial charge is 0.311 e. The van der Waals surface area contributed by atoms with E-state index in [0.29, 0.717) is 0 Å². The monoisotopic (exact) mass is 254 g/mol. The van der Waals surface area contributed by atoms with Crippen molar-refractivity contribution in [2.75, 3.05) is 26.2 Å². The van der Waals surface area contributed by atoms with Gasteiger partial charge in [0.25, 0.3) is 0 Å². The molecule has 1 aliphatic rings. The third-order valence-corrected chi connectivity index (χ3v) is 3.98. The average Bonchev–Trinajstić information content (AvgIpc) is 2.34. The molecule has 108 valence electrons. The van der Waals surface area contributed by atoms with Gasteiger partial charge in [0.2, 0.25) is 0 Å². The van der Waals surface area contributed by atoms with Crippen LogP contribution in [0.2, 0.25) is 0 Å². The van der Waals surface area contributed by atoms with E-state index in [-0.39, 0.29) is 0 Å². The molecule has 0 bridgehead atoms. The van der Waals surface area contributed by atoms with Gasteiger partial charge in [0.1, 0.15) is 0 Å². The zero-order valence-corrected chi connectivity index (χ0v) is 12.9. The maximum absolute atomic E-state index is 3.63. The van der Waals surface area contributed by atoms with Gasteiger partial charge in [0.05, 0.1) is 0 Å².